The molecule has 1 rings (SSSR count). The van der Waals surface area contributed by atoms with E-state index in [2.05, 4.69) is 0 Å². The Kier molecular flexibility index (Phi) is 4.06. The Morgan fingerprint density at radius 3 is 2.28 bits per heavy atom. The number of anilines is 1. The normalized spacial score (nSPS) is 11.7. The quantitative estimate of drug-likeness (QED) is 0.652. The van der Waals surface area contributed by atoms with Gasteiger partial charge in [-0.2, -0.15) is 0 Å². The minimum Gasteiger partial charge on any atom is -0.545 e. The zero-order chi connectivity index (χ0) is 14.1. The first kappa shape index (κ1) is 14.6. The molecule has 0 spiro atoms. The molecule has 100 valence electrons. The van der Waals surface area contributed by atoms with Crippen LogP contribution in [0.1, 0.15) is 36.7 Å². The van der Waals surface area contributed by atoms with Gasteiger partial charge >= 0.3 is 5.97 Å². The minimum atomic E-state index is -1.35. The van der Waals surface area contributed by atoms with Gasteiger partial charge in [-0.3, -0.25) is 0 Å². The van der Waals surface area contributed by atoms with Crippen LogP contribution in [-0.2, 0) is 5.41 Å². The van der Waals surface area contributed by atoms with E-state index in [0.717, 1.165) is 0 Å². The third-order valence-corrected chi connectivity index (χ3v) is 3.23. The summed E-state index contributed by atoms with van der Waals surface area (Å²) in [5.41, 5.74) is 7.06. The average molecular weight is 267 g/mol. The molecule has 5 heteroatoms. The molecule has 0 atom stereocenters. The third-order valence-electron chi connectivity index (χ3n) is 2.52. The van der Waals surface area contributed by atoms with Gasteiger partial charge < -0.3 is 15.3 Å². The number of aromatic carboxylic acids is 1. The molecule has 0 heterocycles. The van der Waals surface area contributed by atoms with Crippen LogP contribution in [0.5, 0.6) is 5.75 Å². The number of hydrogen-bond donors (Lipinski definition) is 2. The van der Waals surface area contributed by atoms with Crippen molar-refractivity contribution in [1.82, 2.24) is 0 Å². The zero-order valence-electron chi connectivity index (χ0n) is 11.6. The van der Waals surface area contributed by atoms with Crippen LogP contribution in [0.3, 0.4) is 0 Å². The second-order valence-corrected chi connectivity index (χ2v) is 7.96. The van der Waals surface area contributed by atoms with E-state index in [1.165, 1.54) is 0 Å². The Balaban J connectivity index is 3.56. The molecule has 0 aliphatic carbocycles. The molecule has 0 saturated heterocycles. The van der Waals surface area contributed by atoms with Gasteiger partial charge in [0.2, 0.25) is 9.04 Å². The van der Waals surface area contributed by atoms with Crippen molar-refractivity contribution in [2.75, 3.05) is 5.73 Å². The number of carbonyl (C=O) groups is 1. The van der Waals surface area contributed by atoms with E-state index in [0.29, 0.717) is 17.0 Å². The number of nitrogens with two attached hydrogens (primary N) is 1. The monoisotopic (exact) mass is 267 g/mol. The molecule has 0 radical (unpaired) electrons. The second-order valence-electron chi connectivity index (χ2n) is 5.63. The van der Waals surface area contributed by atoms with Crippen molar-refractivity contribution in [3.8, 4) is 5.75 Å². The lowest BCUT2D eigenvalue weighted by Crippen LogP contribution is -2.22. The highest BCUT2D eigenvalue weighted by atomic mass is 28.3. The Hall–Kier alpha value is -1.49. The van der Waals surface area contributed by atoms with Crippen molar-refractivity contribution >= 4 is 20.7 Å². The highest BCUT2D eigenvalue weighted by Gasteiger charge is 2.27. The Labute approximate surface area is 109 Å². The molecule has 0 saturated carbocycles. The van der Waals surface area contributed by atoms with E-state index in [-0.39, 0.29) is 11.0 Å². The summed E-state index contributed by atoms with van der Waals surface area (Å²) in [6, 6.07) is 3.15. The fraction of sp³-hybridized carbons (Fsp3) is 0.462. The molecular weight excluding hydrogens is 246 g/mol. The van der Waals surface area contributed by atoms with E-state index < -0.39 is 15.0 Å². The molecule has 0 bridgehead atoms. The average Bonchev–Trinajstić information content (AvgIpc) is 2.17. The minimum absolute atomic E-state index is 0.265. The van der Waals surface area contributed by atoms with Crippen molar-refractivity contribution in [3.63, 3.8) is 0 Å². The smallest absolute Gasteiger partial charge is 0.336 e. The molecule has 3 N–H and O–H groups in total. The number of hydrogen-bond acceptors (Lipinski definition) is 3. The SMILES string of the molecule is C[SiH](C)Oc1c(N)ccc(C(=O)O)c1C(C)(C)C. The van der Waals surface area contributed by atoms with Gasteiger partial charge in [0.1, 0.15) is 5.75 Å². The van der Waals surface area contributed by atoms with Gasteiger partial charge in [-0.25, -0.2) is 4.79 Å². The largest absolute Gasteiger partial charge is 0.545 e. The van der Waals surface area contributed by atoms with Gasteiger partial charge in [0.15, 0.2) is 0 Å². The lowest BCUT2D eigenvalue weighted by Gasteiger charge is -2.27. The molecule has 0 fully saturated rings. The van der Waals surface area contributed by atoms with Crippen LogP contribution in [-0.4, -0.2) is 20.1 Å². The summed E-state index contributed by atoms with van der Waals surface area (Å²) in [7, 11) is -1.35. The maximum absolute atomic E-state index is 11.3. The Bertz CT molecular complexity index is 464. The van der Waals surface area contributed by atoms with Gasteiger partial charge in [0.05, 0.1) is 11.3 Å². The molecule has 0 unspecified atom stereocenters. The molecule has 18 heavy (non-hydrogen) atoms. The van der Waals surface area contributed by atoms with E-state index in [4.69, 9.17) is 10.2 Å². The maximum atomic E-state index is 11.3. The molecule has 1 aromatic rings. The van der Waals surface area contributed by atoms with Gasteiger partial charge in [0.25, 0.3) is 0 Å². The summed E-state index contributed by atoms with van der Waals surface area (Å²) in [6.07, 6.45) is 0. The number of rotatable bonds is 3. The van der Waals surface area contributed by atoms with Crippen LogP contribution in [0.2, 0.25) is 13.1 Å². The highest BCUT2D eigenvalue weighted by molar-refractivity contribution is 6.49. The van der Waals surface area contributed by atoms with Crippen molar-refractivity contribution in [3.05, 3.63) is 23.3 Å². The summed E-state index contributed by atoms with van der Waals surface area (Å²) in [4.78, 5) is 11.3. The summed E-state index contributed by atoms with van der Waals surface area (Å²) in [5.74, 6) is -0.403. The predicted molar refractivity (Wildman–Crippen MR) is 76.0 cm³/mol. The van der Waals surface area contributed by atoms with E-state index >= 15 is 0 Å². The Morgan fingerprint density at radius 2 is 1.89 bits per heavy atom. The van der Waals surface area contributed by atoms with Crippen molar-refractivity contribution in [1.29, 1.82) is 0 Å². The Morgan fingerprint density at radius 1 is 1.33 bits per heavy atom. The van der Waals surface area contributed by atoms with Crippen LogP contribution >= 0.6 is 0 Å². The highest BCUT2D eigenvalue weighted by Crippen LogP contribution is 2.38. The first-order valence-corrected chi connectivity index (χ1v) is 8.75. The fourth-order valence-electron chi connectivity index (χ4n) is 1.88. The third kappa shape index (κ3) is 3.04. The van der Waals surface area contributed by atoms with Crippen molar-refractivity contribution in [2.45, 2.75) is 39.3 Å². The molecular formula is C13H21NO3Si. The maximum Gasteiger partial charge on any atom is 0.336 e. The van der Waals surface area contributed by atoms with E-state index in [1.54, 1.807) is 12.1 Å². The van der Waals surface area contributed by atoms with Crippen LogP contribution < -0.4 is 10.2 Å². The number of carboxylic acid groups (broad SMARTS) is 1. The lowest BCUT2D eigenvalue weighted by molar-refractivity contribution is 0.0693. The van der Waals surface area contributed by atoms with Gasteiger partial charge in [-0.1, -0.05) is 20.8 Å². The fourth-order valence-corrected chi connectivity index (χ4v) is 2.61. The second kappa shape index (κ2) is 5.02. The van der Waals surface area contributed by atoms with Crippen LogP contribution in [0.4, 0.5) is 5.69 Å². The molecule has 0 amide bonds. The molecule has 0 aliphatic heterocycles. The summed E-state index contributed by atoms with van der Waals surface area (Å²) in [5, 5.41) is 9.29. The summed E-state index contributed by atoms with van der Waals surface area (Å²) < 4.78 is 5.84. The van der Waals surface area contributed by atoms with Gasteiger partial charge in [-0.15, -0.1) is 0 Å². The first-order chi connectivity index (χ1) is 8.14. The lowest BCUT2D eigenvalue weighted by atomic mass is 9.82. The van der Waals surface area contributed by atoms with Crippen LogP contribution in [0.15, 0.2) is 12.1 Å². The molecule has 1 aromatic carbocycles. The van der Waals surface area contributed by atoms with Gasteiger partial charge in [0, 0.05) is 5.56 Å². The summed E-state index contributed by atoms with van der Waals surface area (Å²) >= 11 is 0. The standard InChI is InChI=1S/C13H21NO3Si/c1-13(2,3)10-8(12(15)16)6-7-9(14)11(10)17-18(4)5/h6-7,18H,14H2,1-5H3,(H,15,16). The molecule has 0 aliphatic rings. The molecule has 0 aromatic heterocycles. The van der Waals surface area contributed by atoms with Crippen molar-refractivity contribution in [2.24, 2.45) is 0 Å². The van der Waals surface area contributed by atoms with Crippen molar-refractivity contribution < 1.29 is 14.3 Å². The summed E-state index contributed by atoms with van der Waals surface area (Å²) in [6.45, 7) is 9.94. The topological polar surface area (TPSA) is 72.5 Å². The first-order valence-electron chi connectivity index (χ1n) is 5.97. The van der Waals surface area contributed by atoms with Crippen LogP contribution in [0.25, 0.3) is 0 Å². The van der Waals surface area contributed by atoms with E-state index in [9.17, 15) is 9.90 Å². The number of carboxylic acids is 1. The predicted octanol–water partition coefficient (Wildman–Crippen LogP) is 2.63. The number of nitrogen functional groups attached to an aromatic ring is 1. The molecule has 4 nitrogen and oxygen atoms in total. The van der Waals surface area contributed by atoms with Crippen LogP contribution in [0, 0.1) is 0 Å². The van der Waals surface area contributed by atoms with Gasteiger partial charge in [-0.05, 0) is 30.6 Å². The number of benzene rings is 1. The zero-order valence-corrected chi connectivity index (χ0v) is 12.7. The van der Waals surface area contributed by atoms with E-state index in [1.807, 2.05) is 33.9 Å².